The number of likely N-dealkylation sites (N-methyl/N-ethyl adjacent to an activating group) is 1. The average Bonchev–Trinajstić information content (AvgIpc) is 2.95. The molecule has 102 valence electrons. The third kappa shape index (κ3) is 2.87. The molecule has 5 heteroatoms. The fraction of sp³-hybridized carbons (Fsp3) is 0.200. The Morgan fingerprint density at radius 1 is 1.40 bits per heavy atom. The number of nitriles is 1. The second-order valence-electron chi connectivity index (χ2n) is 4.31. The van der Waals surface area contributed by atoms with E-state index in [4.69, 9.17) is 5.11 Å². The lowest BCUT2D eigenvalue weighted by atomic mass is 10.1. The van der Waals surface area contributed by atoms with Gasteiger partial charge in [0.2, 0.25) is 0 Å². The number of hydrogen-bond acceptors (Lipinski definition) is 5. The SMILES string of the molecule is CN(CCO)c1ccc(-c2ccc(C=O)s2)cc1C#N. The van der Waals surface area contributed by atoms with E-state index < -0.39 is 0 Å². The van der Waals surface area contributed by atoms with Crippen molar-refractivity contribution in [2.75, 3.05) is 25.1 Å². The molecule has 0 amide bonds. The van der Waals surface area contributed by atoms with Crippen molar-refractivity contribution in [1.82, 2.24) is 0 Å². The van der Waals surface area contributed by atoms with Gasteiger partial charge in [0.05, 0.1) is 22.7 Å². The molecule has 0 saturated carbocycles. The molecule has 1 aromatic carbocycles. The largest absolute Gasteiger partial charge is 0.395 e. The number of aliphatic hydroxyl groups is 1. The number of hydrogen-bond donors (Lipinski definition) is 1. The number of rotatable bonds is 5. The van der Waals surface area contributed by atoms with E-state index in [1.54, 1.807) is 6.07 Å². The standard InChI is InChI=1S/C15H14N2O2S/c1-17(6-7-18)14-4-2-11(8-12(14)9-16)15-5-3-13(10-19)20-15/h2-5,8,10,18H,6-7H2,1H3. The third-order valence-corrected chi connectivity index (χ3v) is 4.05. The monoisotopic (exact) mass is 286 g/mol. The Hall–Kier alpha value is -2.16. The zero-order chi connectivity index (χ0) is 14.5. The fourth-order valence-electron chi connectivity index (χ4n) is 1.95. The Bertz CT molecular complexity index is 658. The van der Waals surface area contributed by atoms with Crippen LogP contribution in [0, 0.1) is 11.3 Å². The van der Waals surface area contributed by atoms with Crippen LogP contribution in [0.15, 0.2) is 30.3 Å². The molecule has 0 aliphatic carbocycles. The zero-order valence-corrected chi connectivity index (χ0v) is 11.9. The summed E-state index contributed by atoms with van der Waals surface area (Å²) in [4.78, 5) is 14.2. The Kier molecular flexibility index (Phi) is 4.51. The summed E-state index contributed by atoms with van der Waals surface area (Å²) in [6.07, 6.45) is 0.822. The molecule has 0 bridgehead atoms. The van der Waals surface area contributed by atoms with Gasteiger partial charge in [-0.05, 0) is 29.8 Å². The zero-order valence-electron chi connectivity index (χ0n) is 11.0. The van der Waals surface area contributed by atoms with Gasteiger partial charge in [-0.1, -0.05) is 6.07 Å². The number of carbonyl (C=O) groups excluding carboxylic acids is 1. The van der Waals surface area contributed by atoms with Crippen molar-refractivity contribution in [3.05, 3.63) is 40.8 Å². The number of carbonyl (C=O) groups is 1. The third-order valence-electron chi connectivity index (χ3n) is 2.99. The number of anilines is 1. The first-order valence-corrected chi connectivity index (χ1v) is 6.92. The molecule has 0 aliphatic heterocycles. The van der Waals surface area contributed by atoms with Crippen LogP contribution >= 0.6 is 11.3 Å². The highest BCUT2D eigenvalue weighted by Crippen LogP contribution is 2.31. The summed E-state index contributed by atoms with van der Waals surface area (Å²) in [5.41, 5.74) is 2.26. The molecule has 0 spiro atoms. The number of aldehydes is 1. The minimum absolute atomic E-state index is 0.0384. The summed E-state index contributed by atoms with van der Waals surface area (Å²) in [6.45, 7) is 0.513. The fourth-order valence-corrected chi connectivity index (χ4v) is 2.77. The summed E-state index contributed by atoms with van der Waals surface area (Å²) in [6, 6.07) is 11.4. The smallest absolute Gasteiger partial charge is 0.160 e. The van der Waals surface area contributed by atoms with Gasteiger partial charge >= 0.3 is 0 Å². The summed E-state index contributed by atoms with van der Waals surface area (Å²) in [5, 5.41) is 18.2. The Morgan fingerprint density at radius 2 is 2.20 bits per heavy atom. The van der Waals surface area contributed by atoms with Crippen LogP contribution in [0.3, 0.4) is 0 Å². The Labute approximate surface area is 121 Å². The molecule has 20 heavy (non-hydrogen) atoms. The number of benzene rings is 1. The number of nitrogens with zero attached hydrogens (tertiary/aromatic N) is 2. The van der Waals surface area contributed by atoms with Gasteiger partial charge in [-0.25, -0.2) is 0 Å². The van der Waals surface area contributed by atoms with Crippen molar-refractivity contribution < 1.29 is 9.90 Å². The number of aliphatic hydroxyl groups excluding tert-OH is 1. The van der Waals surface area contributed by atoms with E-state index in [1.165, 1.54) is 11.3 Å². The molecule has 2 aromatic rings. The van der Waals surface area contributed by atoms with E-state index in [-0.39, 0.29) is 6.61 Å². The van der Waals surface area contributed by atoms with E-state index in [2.05, 4.69) is 6.07 Å². The van der Waals surface area contributed by atoms with Gasteiger partial charge in [-0.15, -0.1) is 11.3 Å². The van der Waals surface area contributed by atoms with Gasteiger partial charge in [0.25, 0.3) is 0 Å². The quantitative estimate of drug-likeness (QED) is 0.858. The van der Waals surface area contributed by atoms with Crippen LogP contribution in [0.5, 0.6) is 0 Å². The van der Waals surface area contributed by atoms with Crippen LogP contribution in [0.2, 0.25) is 0 Å². The molecule has 1 heterocycles. The maximum atomic E-state index is 10.7. The lowest BCUT2D eigenvalue weighted by molar-refractivity contribution is 0.112. The molecule has 0 fully saturated rings. The van der Waals surface area contributed by atoms with E-state index >= 15 is 0 Å². The Morgan fingerprint density at radius 3 is 2.80 bits per heavy atom. The van der Waals surface area contributed by atoms with Crippen LogP contribution in [-0.4, -0.2) is 31.6 Å². The maximum absolute atomic E-state index is 10.7. The predicted molar refractivity (Wildman–Crippen MR) is 80.2 cm³/mol. The molecular weight excluding hydrogens is 272 g/mol. The average molecular weight is 286 g/mol. The highest BCUT2D eigenvalue weighted by Gasteiger charge is 2.10. The lowest BCUT2D eigenvalue weighted by Crippen LogP contribution is -2.22. The molecule has 1 N–H and O–H groups in total. The van der Waals surface area contributed by atoms with Gasteiger partial charge < -0.3 is 10.0 Å². The maximum Gasteiger partial charge on any atom is 0.160 e. The van der Waals surface area contributed by atoms with E-state index in [9.17, 15) is 10.1 Å². The van der Waals surface area contributed by atoms with Crippen LogP contribution in [0.1, 0.15) is 15.2 Å². The van der Waals surface area contributed by atoms with Crippen molar-refractivity contribution in [2.45, 2.75) is 0 Å². The minimum atomic E-state index is 0.0384. The second kappa shape index (κ2) is 6.33. The molecule has 0 aliphatic rings. The van der Waals surface area contributed by atoms with E-state index in [1.807, 2.05) is 36.2 Å². The molecule has 0 unspecified atom stereocenters. The summed E-state index contributed by atoms with van der Waals surface area (Å²) in [7, 11) is 1.84. The minimum Gasteiger partial charge on any atom is -0.395 e. The van der Waals surface area contributed by atoms with Crippen molar-refractivity contribution in [3.63, 3.8) is 0 Å². The highest BCUT2D eigenvalue weighted by atomic mass is 32.1. The molecule has 0 atom stereocenters. The topological polar surface area (TPSA) is 64.3 Å². The number of thiophene rings is 1. The highest BCUT2D eigenvalue weighted by molar-refractivity contribution is 7.17. The van der Waals surface area contributed by atoms with Gasteiger partial charge in [0.1, 0.15) is 6.07 Å². The van der Waals surface area contributed by atoms with Crippen LogP contribution in [0.4, 0.5) is 5.69 Å². The molecule has 0 saturated heterocycles. The first kappa shape index (κ1) is 14.3. The van der Waals surface area contributed by atoms with E-state index in [0.29, 0.717) is 17.0 Å². The summed E-state index contributed by atoms with van der Waals surface area (Å²) >= 11 is 1.40. The lowest BCUT2D eigenvalue weighted by Gasteiger charge is -2.19. The van der Waals surface area contributed by atoms with Crippen molar-refractivity contribution in [1.29, 1.82) is 5.26 Å². The van der Waals surface area contributed by atoms with E-state index in [0.717, 1.165) is 22.4 Å². The van der Waals surface area contributed by atoms with Crippen molar-refractivity contribution in [3.8, 4) is 16.5 Å². The first-order valence-electron chi connectivity index (χ1n) is 6.11. The predicted octanol–water partition coefficient (Wildman–Crippen LogP) is 2.53. The van der Waals surface area contributed by atoms with Gasteiger partial charge in [0.15, 0.2) is 6.29 Å². The van der Waals surface area contributed by atoms with Crippen LogP contribution in [0.25, 0.3) is 10.4 Å². The van der Waals surface area contributed by atoms with Crippen LogP contribution in [-0.2, 0) is 0 Å². The van der Waals surface area contributed by atoms with Crippen molar-refractivity contribution >= 4 is 23.3 Å². The van der Waals surface area contributed by atoms with Crippen LogP contribution < -0.4 is 4.90 Å². The van der Waals surface area contributed by atoms with Gasteiger partial charge in [-0.2, -0.15) is 5.26 Å². The second-order valence-corrected chi connectivity index (χ2v) is 5.42. The van der Waals surface area contributed by atoms with Gasteiger partial charge in [0, 0.05) is 18.5 Å². The normalized spacial score (nSPS) is 10.1. The Balaban J connectivity index is 2.39. The van der Waals surface area contributed by atoms with Crippen molar-refractivity contribution in [2.24, 2.45) is 0 Å². The summed E-state index contributed by atoms with van der Waals surface area (Å²) in [5.74, 6) is 0. The first-order chi connectivity index (χ1) is 9.69. The summed E-state index contributed by atoms with van der Waals surface area (Å²) < 4.78 is 0. The molecule has 2 rings (SSSR count). The molecule has 1 aromatic heterocycles. The van der Waals surface area contributed by atoms with Gasteiger partial charge in [-0.3, -0.25) is 4.79 Å². The molecule has 0 radical (unpaired) electrons. The molecule has 4 nitrogen and oxygen atoms in total. The molecular formula is C15H14N2O2S.